The second-order valence-electron chi connectivity index (χ2n) is 6.82. The molecular formula is C20H33N3O2. The van der Waals surface area contributed by atoms with Crippen LogP contribution >= 0.6 is 0 Å². The van der Waals surface area contributed by atoms with Gasteiger partial charge in [-0.25, -0.2) is 0 Å². The first-order valence-corrected chi connectivity index (χ1v) is 9.51. The van der Waals surface area contributed by atoms with Crippen molar-refractivity contribution in [3.05, 3.63) is 30.3 Å². The smallest absolute Gasteiger partial charge is 0.193 e. The van der Waals surface area contributed by atoms with E-state index in [4.69, 9.17) is 14.5 Å². The Morgan fingerprint density at radius 1 is 1.24 bits per heavy atom. The lowest BCUT2D eigenvalue weighted by Gasteiger charge is -2.34. The summed E-state index contributed by atoms with van der Waals surface area (Å²) in [5.41, 5.74) is 0. The Bertz CT molecular complexity index is 497. The SMILES string of the molecule is CCNC(=NCCOCC(C)C)N1CCC(Oc2ccccc2)CC1. The molecule has 1 aliphatic rings. The van der Waals surface area contributed by atoms with Gasteiger partial charge >= 0.3 is 0 Å². The van der Waals surface area contributed by atoms with Gasteiger partial charge in [0.2, 0.25) is 0 Å². The third kappa shape index (κ3) is 7.34. The predicted molar refractivity (Wildman–Crippen MR) is 103 cm³/mol. The summed E-state index contributed by atoms with van der Waals surface area (Å²) >= 11 is 0. The number of nitrogens with zero attached hydrogens (tertiary/aromatic N) is 2. The summed E-state index contributed by atoms with van der Waals surface area (Å²) in [5, 5.41) is 3.40. The van der Waals surface area contributed by atoms with Gasteiger partial charge in [0.15, 0.2) is 5.96 Å². The molecule has 1 aromatic carbocycles. The van der Waals surface area contributed by atoms with Crippen molar-refractivity contribution in [3.63, 3.8) is 0 Å². The van der Waals surface area contributed by atoms with Crippen LogP contribution in [0.4, 0.5) is 0 Å². The van der Waals surface area contributed by atoms with Gasteiger partial charge in [-0.1, -0.05) is 32.0 Å². The fraction of sp³-hybridized carbons (Fsp3) is 0.650. The Hall–Kier alpha value is -1.75. The number of para-hydroxylation sites is 1. The highest BCUT2D eigenvalue weighted by atomic mass is 16.5. The first-order valence-electron chi connectivity index (χ1n) is 9.51. The predicted octanol–water partition coefficient (Wildman–Crippen LogP) is 3.17. The Morgan fingerprint density at radius 2 is 1.96 bits per heavy atom. The van der Waals surface area contributed by atoms with E-state index in [1.54, 1.807) is 0 Å². The van der Waals surface area contributed by atoms with E-state index in [1.165, 1.54) is 0 Å². The highest BCUT2D eigenvalue weighted by Crippen LogP contribution is 2.18. The highest BCUT2D eigenvalue weighted by Gasteiger charge is 2.22. The minimum atomic E-state index is 0.288. The molecule has 25 heavy (non-hydrogen) atoms. The zero-order valence-electron chi connectivity index (χ0n) is 15.9. The number of rotatable bonds is 8. The van der Waals surface area contributed by atoms with Gasteiger partial charge in [0.05, 0.1) is 13.2 Å². The lowest BCUT2D eigenvalue weighted by molar-refractivity contribution is 0.115. The van der Waals surface area contributed by atoms with Crippen LogP contribution in [0.2, 0.25) is 0 Å². The molecule has 0 atom stereocenters. The van der Waals surface area contributed by atoms with Gasteiger partial charge < -0.3 is 19.7 Å². The summed E-state index contributed by atoms with van der Waals surface area (Å²) in [5.74, 6) is 2.53. The maximum Gasteiger partial charge on any atom is 0.193 e. The summed E-state index contributed by atoms with van der Waals surface area (Å²) in [6, 6.07) is 10.1. The van der Waals surface area contributed by atoms with Gasteiger partial charge in [0.1, 0.15) is 11.9 Å². The van der Waals surface area contributed by atoms with Crippen molar-refractivity contribution < 1.29 is 9.47 Å². The third-order valence-corrected chi connectivity index (χ3v) is 4.07. The molecule has 1 N–H and O–H groups in total. The largest absolute Gasteiger partial charge is 0.490 e. The van der Waals surface area contributed by atoms with E-state index >= 15 is 0 Å². The van der Waals surface area contributed by atoms with E-state index in [2.05, 4.69) is 31.0 Å². The zero-order chi connectivity index (χ0) is 17.9. The van der Waals surface area contributed by atoms with Crippen LogP contribution in [0.25, 0.3) is 0 Å². The molecule has 0 bridgehead atoms. The van der Waals surface area contributed by atoms with Crippen LogP contribution in [0.1, 0.15) is 33.6 Å². The number of piperidine rings is 1. The Morgan fingerprint density at radius 3 is 2.60 bits per heavy atom. The lowest BCUT2D eigenvalue weighted by atomic mass is 10.1. The molecule has 0 unspecified atom stereocenters. The number of hydrogen-bond donors (Lipinski definition) is 1. The van der Waals surface area contributed by atoms with Crippen molar-refractivity contribution in [1.29, 1.82) is 0 Å². The molecule has 0 aromatic heterocycles. The van der Waals surface area contributed by atoms with Crippen LogP contribution in [0.15, 0.2) is 35.3 Å². The van der Waals surface area contributed by atoms with E-state index in [0.29, 0.717) is 19.1 Å². The Kier molecular flexibility index (Phi) is 8.60. The zero-order valence-corrected chi connectivity index (χ0v) is 15.9. The van der Waals surface area contributed by atoms with Crippen molar-refractivity contribution in [3.8, 4) is 5.75 Å². The van der Waals surface area contributed by atoms with Gasteiger partial charge in [-0.05, 0) is 25.0 Å². The molecule has 1 saturated heterocycles. The number of likely N-dealkylation sites (tertiary alicyclic amines) is 1. The van der Waals surface area contributed by atoms with Crippen molar-refractivity contribution >= 4 is 5.96 Å². The van der Waals surface area contributed by atoms with Gasteiger partial charge in [0.25, 0.3) is 0 Å². The minimum absolute atomic E-state index is 0.288. The summed E-state index contributed by atoms with van der Waals surface area (Å²) in [6.07, 6.45) is 2.32. The number of hydrogen-bond acceptors (Lipinski definition) is 3. The van der Waals surface area contributed by atoms with Crippen molar-refractivity contribution in [2.24, 2.45) is 10.9 Å². The highest BCUT2D eigenvalue weighted by molar-refractivity contribution is 5.80. The quantitative estimate of drug-likeness (QED) is 0.446. The minimum Gasteiger partial charge on any atom is -0.490 e. The standard InChI is InChI=1S/C20H33N3O2/c1-4-21-20(22-12-15-24-16-17(2)3)23-13-10-19(11-14-23)25-18-8-6-5-7-9-18/h5-9,17,19H,4,10-16H2,1-3H3,(H,21,22). The molecule has 5 nitrogen and oxygen atoms in total. The van der Waals surface area contributed by atoms with Crippen LogP contribution in [0.3, 0.4) is 0 Å². The van der Waals surface area contributed by atoms with Crippen LogP contribution in [-0.4, -0.2) is 56.4 Å². The topological polar surface area (TPSA) is 46.1 Å². The molecule has 0 saturated carbocycles. The van der Waals surface area contributed by atoms with Crippen molar-refractivity contribution in [1.82, 2.24) is 10.2 Å². The number of benzene rings is 1. The van der Waals surface area contributed by atoms with Crippen LogP contribution in [-0.2, 0) is 4.74 Å². The van der Waals surface area contributed by atoms with E-state index < -0.39 is 0 Å². The van der Waals surface area contributed by atoms with Gasteiger partial charge in [-0.3, -0.25) is 4.99 Å². The number of ether oxygens (including phenoxy) is 2. The first kappa shape index (κ1) is 19.6. The molecule has 0 radical (unpaired) electrons. The molecule has 1 fully saturated rings. The summed E-state index contributed by atoms with van der Waals surface area (Å²) in [7, 11) is 0. The van der Waals surface area contributed by atoms with Crippen molar-refractivity contribution in [2.75, 3.05) is 39.4 Å². The molecule has 0 aliphatic carbocycles. The summed E-state index contributed by atoms with van der Waals surface area (Å²) in [6.45, 7) is 11.4. The van der Waals surface area contributed by atoms with Gasteiger partial charge in [-0.15, -0.1) is 0 Å². The molecule has 1 heterocycles. The molecule has 1 aliphatic heterocycles. The number of aliphatic imine (C=N–C) groups is 1. The average molecular weight is 348 g/mol. The Balaban J connectivity index is 1.76. The first-order chi connectivity index (χ1) is 12.2. The second-order valence-corrected chi connectivity index (χ2v) is 6.82. The van der Waals surface area contributed by atoms with E-state index in [1.807, 2.05) is 30.3 Å². The molecule has 1 aromatic rings. The van der Waals surface area contributed by atoms with E-state index in [0.717, 1.165) is 50.8 Å². The van der Waals surface area contributed by atoms with Crippen LogP contribution in [0, 0.1) is 5.92 Å². The number of guanidine groups is 1. The fourth-order valence-corrected chi connectivity index (χ4v) is 2.84. The molecule has 140 valence electrons. The molecule has 5 heteroatoms. The maximum absolute atomic E-state index is 6.07. The summed E-state index contributed by atoms with van der Waals surface area (Å²) in [4.78, 5) is 7.04. The van der Waals surface area contributed by atoms with E-state index in [9.17, 15) is 0 Å². The fourth-order valence-electron chi connectivity index (χ4n) is 2.84. The summed E-state index contributed by atoms with van der Waals surface area (Å²) < 4.78 is 11.7. The van der Waals surface area contributed by atoms with Crippen LogP contribution < -0.4 is 10.1 Å². The number of nitrogens with one attached hydrogen (secondary N) is 1. The normalized spacial score (nSPS) is 16.3. The lowest BCUT2D eigenvalue weighted by Crippen LogP contribution is -2.47. The second kappa shape index (κ2) is 11.0. The van der Waals surface area contributed by atoms with E-state index in [-0.39, 0.29) is 6.10 Å². The van der Waals surface area contributed by atoms with Gasteiger partial charge in [0, 0.05) is 39.1 Å². The van der Waals surface area contributed by atoms with Crippen molar-refractivity contribution in [2.45, 2.75) is 39.7 Å². The maximum atomic E-state index is 6.07. The van der Waals surface area contributed by atoms with Gasteiger partial charge in [-0.2, -0.15) is 0 Å². The Labute approximate surface area is 152 Å². The monoisotopic (exact) mass is 347 g/mol. The molecule has 2 rings (SSSR count). The van der Waals surface area contributed by atoms with Crippen LogP contribution in [0.5, 0.6) is 5.75 Å². The molecular weight excluding hydrogens is 314 g/mol. The molecule has 0 spiro atoms. The third-order valence-electron chi connectivity index (χ3n) is 4.07. The average Bonchev–Trinajstić information content (AvgIpc) is 2.62. The molecule has 0 amide bonds.